The lowest BCUT2D eigenvalue weighted by Gasteiger charge is -2.24. The molecule has 2 heterocycles. The molecule has 1 N–H and O–H groups in total. The van der Waals surface area contributed by atoms with Crippen LogP contribution in [0.25, 0.3) is 11.4 Å². The Morgan fingerprint density at radius 1 is 1.11 bits per heavy atom. The molecule has 4 rings (SSSR count). The number of aromatic nitrogens is 3. The summed E-state index contributed by atoms with van der Waals surface area (Å²) >= 11 is 0. The zero-order chi connectivity index (χ0) is 18.5. The maximum Gasteiger partial charge on any atom is 0.296 e. The fraction of sp³-hybridized carbons (Fsp3) is 0.182. The lowest BCUT2D eigenvalue weighted by Crippen LogP contribution is -2.30. The number of hydrogen-bond donors (Lipinski definition) is 1. The second kappa shape index (κ2) is 7.79. The van der Waals surface area contributed by atoms with Gasteiger partial charge in [0.2, 0.25) is 0 Å². The molecule has 1 amide bonds. The van der Waals surface area contributed by atoms with Gasteiger partial charge in [0.05, 0.1) is 6.04 Å². The monoisotopic (exact) mass is 354 g/mol. The van der Waals surface area contributed by atoms with Crippen molar-refractivity contribution in [2.45, 2.75) is 25.3 Å². The standard InChI is InChI=1S/C22H18N4O/c27-21(12-11-16-6-2-1-3-7-16)25-19-9-4-10-20-18(19)15-24-22(26-20)17-8-5-13-23-14-17/h1-3,5-8,13-15,19H,4,9-10H2,(H,25,27). The number of fused-ring (bicyclic) bond motifs is 1. The fourth-order valence-corrected chi connectivity index (χ4v) is 3.18. The number of amides is 1. The van der Waals surface area contributed by atoms with Crippen LogP contribution in [0.3, 0.4) is 0 Å². The highest BCUT2D eigenvalue weighted by atomic mass is 16.1. The predicted molar refractivity (Wildman–Crippen MR) is 102 cm³/mol. The third-order valence-electron chi connectivity index (χ3n) is 4.50. The first kappa shape index (κ1) is 16.9. The Hall–Kier alpha value is -3.52. The van der Waals surface area contributed by atoms with Crippen molar-refractivity contribution >= 4 is 5.91 Å². The SMILES string of the molecule is O=C(C#Cc1ccccc1)NC1CCCc2nc(-c3cccnc3)ncc21. The maximum atomic E-state index is 12.2. The van der Waals surface area contributed by atoms with Crippen molar-refractivity contribution < 1.29 is 4.79 Å². The Bertz CT molecular complexity index is 1010. The fourth-order valence-electron chi connectivity index (χ4n) is 3.18. The van der Waals surface area contributed by atoms with Gasteiger partial charge in [0.25, 0.3) is 5.91 Å². The zero-order valence-corrected chi connectivity index (χ0v) is 14.7. The number of nitrogens with one attached hydrogen (secondary N) is 1. The Labute approximate surface area is 157 Å². The normalized spacial score (nSPS) is 15.2. The number of carbonyl (C=O) groups is 1. The van der Waals surface area contributed by atoms with Crippen LogP contribution in [0.4, 0.5) is 0 Å². The minimum absolute atomic E-state index is 0.103. The summed E-state index contributed by atoms with van der Waals surface area (Å²) in [6.45, 7) is 0. The molecular formula is C22H18N4O. The van der Waals surface area contributed by atoms with E-state index in [9.17, 15) is 4.79 Å². The minimum atomic E-state index is -0.284. The molecule has 0 radical (unpaired) electrons. The molecule has 27 heavy (non-hydrogen) atoms. The van der Waals surface area contributed by atoms with Gasteiger partial charge in [-0.15, -0.1) is 0 Å². The van der Waals surface area contributed by atoms with E-state index in [-0.39, 0.29) is 11.9 Å². The van der Waals surface area contributed by atoms with E-state index in [0.29, 0.717) is 5.82 Å². The van der Waals surface area contributed by atoms with E-state index in [2.05, 4.69) is 27.1 Å². The van der Waals surface area contributed by atoms with Gasteiger partial charge < -0.3 is 5.32 Å². The number of rotatable bonds is 2. The quantitative estimate of drug-likeness (QED) is 0.718. The molecule has 0 spiro atoms. The second-order valence-electron chi connectivity index (χ2n) is 6.37. The number of aryl methyl sites for hydroxylation is 1. The number of carbonyl (C=O) groups excluding carboxylic acids is 1. The van der Waals surface area contributed by atoms with Crippen molar-refractivity contribution in [3.63, 3.8) is 0 Å². The van der Waals surface area contributed by atoms with Gasteiger partial charge in [-0.2, -0.15) is 0 Å². The van der Waals surface area contributed by atoms with Gasteiger partial charge >= 0.3 is 0 Å². The topological polar surface area (TPSA) is 67.8 Å². The smallest absolute Gasteiger partial charge is 0.296 e. The molecule has 1 atom stereocenters. The van der Waals surface area contributed by atoms with Crippen LogP contribution in [0.1, 0.15) is 35.7 Å². The molecule has 3 aromatic rings. The molecule has 132 valence electrons. The molecule has 0 saturated heterocycles. The first-order chi connectivity index (χ1) is 13.3. The Kier molecular flexibility index (Phi) is 4.88. The highest BCUT2D eigenvalue weighted by Crippen LogP contribution is 2.29. The second-order valence-corrected chi connectivity index (χ2v) is 6.37. The number of benzene rings is 1. The molecule has 5 nitrogen and oxygen atoms in total. The van der Waals surface area contributed by atoms with Crippen LogP contribution in [-0.2, 0) is 11.2 Å². The van der Waals surface area contributed by atoms with Gasteiger partial charge in [-0.1, -0.05) is 24.1 Å². The van der Waals surface area contributed by atoms with E-state index < -0.39 is 0 Å². The maximum absolute atomic E-state index is 12.2. The average molecular weight is 354 g/mol. The van der Waals surface area contributed by atoms with Gasteiger partial charge in [-0.25, -0.2) is 9.97 Å². The van der Waals surface area contributed by atoms with Crippen LogP contribution in [0.15, 0.2) is 61.1 Å². The van der Waals surface area contributed by atoms with Crippen LogP contribution >= 0.6 is 0 Å². The number of nitrogens with zero attached hydrogens (tertiary/aromatic N) is 3. The largest absolute Gasteiger partial charge is 0.338 e. The number of hydrogen-bond acceptors (Lipinski definition) is 4. The van der Waals surface area contributed by atoms with Crippen molar-refractivity contribution in [1.29, 1.82) is 0 Å². The highest BCUT2D eigenvalue weighted by molar-refractivity contribution is 5.94. The van der Waals surface area contributed by atoms with E-state index >= 15 is 0 Å². The van der Waals surface area contributed by atoms with Crippen molar-refractivity contribution in [2.24, 2.45) is 0 Å². The lowest BCUT2D eigenvalue weighted by molar-refractivity contribution is -0.116. The van der Waals surface area contributed by atoms with Crippen molar-refractivity contribution in [3.8, 4) is 23.2 Å². The molecule has 1 aliphatic carbocycles. The van der Waals surface area contributed by atoms with E-state index in [0.717, 1.165) is 41.6 Å². The molecule has 1 unspecified atom stereocenters. The summed E-state index contributed by atoms with van der Waals surface area (Å²) < 4.78 is 0. The van der Waals surface area contributed by atoms with Crippen molar-refractivity contribution in [2.75, 3.05) is 0 Å². The Morgan fingerprint density at radius 2 is 2.00 bits per heavy atom. The van der Waals surface area contributed by atoms with Crippen LogP contribution < -0.4 is 5.32 Å². The Balaban J connectivity index is 1.52. The average Bonchev–Trinajstić information content (AvgIpc) is 2.73. The summed E-state index contributed by atoms with van der Waals surface area (Å²) in [7, 11) is 0. The van der Waals surface area contributed by atoms with Crippen LogP contribution in [0.2, 0.25) is 0 Å². The zero-order valence-electron chi connectivity index (χ0n) is 14.7. The molecule has 0 aliphatic heterocycles. The van der Waals surface area contributed by atoms with Crippen LogP contribution in [-0.4, -0.2) is 20.9 Å². The predicted octanol–water partition coefficient (Wildman–Crippen LogP) is 3.08. The third-order valence-corrected chi connectivity index (χ3v) is 4.50. The minimum Gasteiger partial charge on any atom is -0.338 e. The lowest BCUT2D eigenvalue weighted by atomic mass is 9.92. The molecule has 0 fully saturated rings. The molecule has 0 saturated carbocycles. The summed E-state index contributed by atoms with van der Waals surface area (Å²) in [6.07, 6.45) is 8.01. The van der Waals surface area contributed by atoms with Crippen LogP contribution in [0.5, 0.6) is 0 Å². The van der Waals surface area contributed by atoms with E-state index in [1.807, 2.05) is 48.7 Å². The van der Waals surface area contributed by atoms with E-state index in [1.165, 1.54) is 0 Å². The van der Waals surface area contributed by atoms with Crippen molar-refractivity contribution in [3.05, 3.63) is 77.9 Å². The van der Waals surface area contributed by atoms with E-state index in [4.69, 9.17) is 4.98 Å². The first-order valence-corrected chi connectivity index (χ1v) is 8.93. The van der Waals surface area contributed by atoms with Gasteiger partial charge in [0.15, 0.2) is 5.82 Å². The Morgan fingerprint density at radius 3 is 2.81 bits per heavy atom. The van der Waals surface area contributed by atoms with Gasteiger partial charge in [-0.05, 0) is 43.5 Å². The molecular weight excluding hydrogens is 336 g/mol. The summed E-state index contributed by atoms with van der Waals surface area (Å²) in [6, 6.07) is 13.2. The van der Waals surface area contributed by atoms with Gasteiger partial charge in [-0.3, -0.25) is 9.78 Å². The molecule has 1 aliphatic rings. The first-order valence-electron chi connectivity index (χ1n) is 8.93. The molecule has 2 aromatic heterocycles. The van der Waals surface area contributed by atoms with Crippen molar-refractivity contribution in [1.82, 2.24) is 20.3 Å². The summed E-state index contributed by atoms with van der Waals surface area (Å²) in [5.41, 5.74) is 3.67. The van der Waals surface area contributed by atoms with Gasteiger partial charge in [0, 0.05) is 46.9 Å². The summed E-state index contributed by atoms with van der Waals surface area (Å²) in [5, 5.41) is 3.00. The summed E-state index contributed by atoms with van der Waals surface area (Å²) in [5.74, 6) is 5.93. The van der Waals surface area contributed by atoms with Gasteiger partial charge in [0.1, 0.15) is 0 Å². The number of pyridine rings is 1. The molecule has 5 heteroatoms. The summed E-state index contributed by atoms with van der Waals surface area (Å²) in [4.78, 5) is 25.5. The highest BCUT2D eigenvalue weighted by Gasteiger charge is 2.23. The molecule has 1 aromatic carbocycles. The molecule has 0 bridgehead atoms. The van der Waals surface area contributed by atoms with Crippen LogP contribution in [0, 0.1) is 11.8 Å². The van der Waals surface area contributed by atoms with E-state index in [1.54, 1.807) is 12.4 Å². The third kappa shape index (κ3) is 4.01.